The number of benzene rings is 1. The Balaban J connectivity index is 3.05. The van der Waals surface area contributed by atoms with Crippen LogP contribution in [0.25, 0.3) is 0 Å². The lowest BCUT2D eigenvalue weighted by molar-refractivity contribution is -0.142. The molecule has 112 valence electrons. The van der Waals surface area contributed by atoms with E-state index in [1.54, 1.807) is 0 Å². The summed E-state index contributed by atoms with van der Waals surface area (Å²) in [4.78, 5) is 11.5. The lowest BCUT2D eigenvalue weighted by Crippen LogP contribution is -2.35. The third-order valence-electron chi connectivity index (χ3n) is 2.76. The third kappa shape index (κ3) is 3.84. The monoisotopic (exact) mass is 301 g/mol. The molecule has 0 aliphatic rings. The molecule has 1 aromatic rings. The predicted octanol–water partition coefficient (Wildman–Crippen LogP) is 0.526. The van der Waals surface area contributed by atoms with Gasteiger partial charge in [-0.3, -0.25) is 0 Å². The topological polar surface area (TPSA) is 125 Å². The van der Waals surface area contributed by atoms with E-state index in [2.05, 4.69) is 5.32 Å². The Morgan fingerprint density at radius 1 is 1.35 bits per heavy atom. The molecule has 0 spiro atoms. The highest BCUT2D eigenvalue weighted by atomic mass is 32.2. The summed E-state index contributed by atoms with van der Waals surface area (Å²) in [6, 6.07) is 3.65. The maximum atomic E-state index is 11.6. The largest absolute Gasteiger partial charge is 0.467 e. The minimum atomic E-state index is -3.86. The minimum absolute atomic E-state index is 0.0124. The molecule has 0 bridgehead atoms. The molecule has 0 aliphatic carbocycles. The highest BCUT2D eigenvalue weighted by Gasteiger charge is 2.23. The minimum Gasteiger partial charge on any atom is -0.467 e. The number of esters is 1. The molecule has 1 rings (SSSR count). The Bertz CT molecular complexity index is 599. The van der Waals surface area contributed by atoms with Crippen LogP contribution in [-0.4, -0.2) is 27.5 Å². The third-order valence-corrected chi connectivity index (χ3v) is 3.75. The standard InChI is InChI=1S/C12H19N3O4S/c1-7(2)11(12(16)19-3)15-8-4-5-10(9(13)6-8)20(14,17)18/h4-7,11,15H,13H2,1-3H3,(H2,14,17,18). The van der Waals surface area contributed by atoms with Crippen molar-refractivity contribution in [2.45, 2.75) is 24.8 Å². The zero-order valence-electron chi connectivity index (χ0n) is 11.6. The quantitative estimate of drug-likeness (QED) is 0.538. The van der Waals surface area contributed by atoms with Gasteiger partial charge in [0.15, 0.2) is 0 Å². The first-order valence-corrected chi connectivity index (χ1v) is 7.48. The summed E-state index contributed by atoms with van der Waals surface area (Å²) in [7, 11) is -2.56. The number of hydrogen-bond acceptors (Lipinski definition) is 6. The van der Waals surface area contributed by atoms with E-state index in [0.717, 1.165) is 0 Å². The molecular formula is C12H19N3O4S. The first-order chi connectivity index (χ1) is 9.16. The number of carbonyl (C=O) groups is 1. The van der Waals surface area contributed by atoms with Gasteiger partial charge in [0, 0.05) is 5.69 Å². The van der Waals surface area contributed by atoms with Crippen LogP contribution in [0.1, 0.15) is 13.8 Å². The van der Waals surface area contributed by atoms with Gasteiger partial charge in [0.05, 0.1) is 12.8 Å². The molecule has 1 atom stereocenters. The number of rotatable bonds is 5. The number of carbonyl (C=O) groups excluding carboxylic acids is 1. The van der Waals surface area contributed by atoms with E-state index in [1.807, 2.05) is 13.8 Å². The molecule has 1 unspecified atom stereocenters. The lowest BCUT2D eigenvalue weighted by atomic mass is 10.0. The summed E-state index contributed by atoms with van der Waals surface area (Å²) < 4.78 is 27.2. The van der Waals surface area contributed by atoms with Crippen LogP contribution in [0.15, 0.2) is 23.1 Å². The predicted molar refractivity (Wildman–Crippen MR) is 76.5 cm³/mol. The number of nitrogens with two attached hydrogens (primary N) is 2. The molecule has 8 heteroatoms. The number of sulfonamides is 1. The molecule has 0 radical (unpaired) electrons. The van der Waals surface area contributed by atoms with Gasteiger partial charge in [0.25, 0.3) is 0 Å². The molecule has 0 heterocycles. The highest BCUT2D eigenvalue weighted by molar-refractivity contribution is 7.89. The van der Waals surface area contributed by atoms with Crippen molar-refractivity contribution in [3.05, 3.63) is 18.2 Å². The van der Waals surface area contributed by atoms with Crippen LogP contribution in [0.4, 0.5) is 11.4 Å². The Hall–Kier alpha value is -1.80. The highest BCUT2D eigenvalue weighted by Crippen LogP contribution is 2.23. The second-order valence-electron chi connectivity index (χ2n) is 4.69. The molecule has 1 aromatic carbocycles. The van der Waals surface area contributed by atoms with E-state index in [1.165, 1.54) is 25.3 Å². The van der Waals surface area contributed by atoms with E-state index in [0.29, 0.717) is 5.69 Å². The number of nitrogen functional groups attached to an aromatic ring is 1. The number of ether oxygens (including phenoxy) is 1. The summed E-state index contributed by atoms with van der Waals surface area (Å²) in [6.07, 6.45) is 0. The molecule has 0 aromatic heterocycles. The number of methoxy groups -OCH3 is 1. The molecule has 0 aliphatic heterocycles. The van der Waals surface area contributed by atoms with Crippen molar-refractivity contribution < 1.29 is 17.9 Å². The summed E-state index contributed by atoms with van der Waals surface area (Å²) in [6.45, 7) is 3.72. The van der Waals surface area contributed by atoms with E-state index in [9.17, 15) is 13.2 Å². The van der Waals surface area contributed by atoms with Gasteiger partial charge in [-0.15, -0.1) is 0 Å². The van der Waals surface area contributed by atoms with Gasteiger partial charge in [-0.2, -0.15) is 0 Å². The first kappa shape index (κ1) is 16.3. The lowest BCUT2D eigenvalue weighted by Gasteiger charge is -2.21. The maximum Gasteiger partial charge on any atom is 0.328 e. The van der Waals surface area contributed by atoms with Gasteiger partial charge in [0.2, 0.25) is 10.0 Å². The average Bonchev–Trinajstić information content (AvgIpc) is 2.33. The zero-order chi connectivity index (χ0) is 15.5. The number of nitrogens with one attached hydrogen (secondary N) is 1. The molecule has 5 N–H and O–H groups in total. The fourth-order valence-electron chi connectivity index (χ4n) is 1.70. The van der Waals surface area contributed by atoms with E-state index in [-0.39, 0.29) is 16.5 Å². The van der Waals surface area contributed by atoms with Crippen molar-refractivity contribution >= 4 is 27.4 Å². The van der Waals surface area contributed by atoms with Crippen LogP contribution < -0.4 is 16.2 Å². The van der Waals surface area contributed by atoms with Gasteiger partial charge in [0.1, 0.15) is 10.9 Å². The molecular weight excluding hydrogens is 282 g/mol. The molecule has 0 saturated heterocycles. The molecule has 7 nitrogen and oxygen atoms in total. The summed E-state index contributed by atoms with van der Waals surface area (Å²) in [5, 5.41) is 7.98. The molecule has 20 heavy (non-hydrogen) atoms. The summed E-state index contributed by atoms with van der Waals surface area (Å²) in [5.74, 6) is -0.421. The number of primary sulfonamides is 1. The van der Waals surface area contributed by atoms with Crippen molar-refractivity contribution in [3.8, 4) is 0 Å². The van der Waals surface area contributed by atoms with Crippen LogP contribution in [0, 0.1) is 5.92 Å². The average molecular weight is 301 g/mol. The maximum absolute atomic E-state index is 11.6. The van der Waals surface area contributed by atoms with Crippen molar-refractivity contribution in [2.24, 2.45) is 11.1 Å². The van der Waals surface area contributed by atoms with Gasteiger partial charge in [-0.05, 0) is 24.1 Å². The Morgan fingerprint density at radius 3 is 2.35 bits per heavy atom. The second-order valence-corrected chi connectivity index (χ2v) is 6.22. The van der Waals surface area contributed by atoms with Crippen LogP contribution in [0.3, 0.4) is 0 Å². The van der Waals surface area contributed by atoms with Gasteiger partial charge in [-0.1, -0.05) is 13.8 Å². The molecule has 0 amide bonds. The van der Waals surface area contributed by atoms with E-state index >= 15 is 0 Å². The Labute approximate surface area is 118 Å². The van der Waals surface area contributed by atoms with E-state index in [4.69, 9.17) is 15.6 Å². The van der Waals surface area contributed by atoms with Gasteiger partial charge < -0.3 is 15.8 Å². The van der Waals surface area contributed by atoms with Crippen LogP contribution in [-0.2, 0) is 19.6 Å². The normalized spacial score (nSPS) is 13.1. The van der Waals surface area contributed by atoms with Crippen molar-refractivity contribution in [1.82, 2.24) is 0 Å². The van der Waals surface area contributed by atoms with Crippen LogP contribution in [0.5, 0.6) is 0 Å². The van der Waals surface area contributed by atoms with Gasteiger partial charge in [-0.25, -0.2) is 18.4 Å². The first-order valence-electron chi connectivity index (χ1n) is 5.93. The molecule has 0 fully saturated rings. The smallest absolute Gasteiger partial charge is 0.328 e. The van der Waals surface area contributed by atoms with Crippen molar-refractivity contribution in [1.29, 1.82) is 0 Å². The van der Waals surface area contributed by atoms with Crippen molar-refractivity contribution in [2.75, 3.05) is 18.2 Å². The fourth-order valence-corrected chi connectivity index (χ4v) is 2.35. The van der Waals surface area contributed by atoms with Crippen LogP contribution in [0.2, 0.25) is 0 Å². The summed E-state index contributed by atoms with van der Waals surface area (Å²) in [5.41, 5.74) is 6.18. The van der Waals surface area contributed by atoms with Crippen LogP contribution >= 0.6 is 0 Å². The number of hydrogen-bond donors (Lipinski definition) is 3. The SMILES string of the molecule is COC(=O)C(Nc1ccc(S(N)(=O)=O)c(N)c1)C(C)C. The zero-order valence-corrected chi connectivity index (χ0v) is 12.4. The Morgan fingerprint density at radius 2 is 1.95 bits per heavy atom. The molecule has 0 saturated carbocycles. The second kappa shape index (κ2) is 6.10. The summed E-state index contributed by atoms with van der Waals surface area (Å²) >= 11 is 0. The van der Waals surface area contributed by atoms with E-state index < -0.39 is 22.0 Å². The fraction of sp³-hybridized carbons (Fsp3) is 0.417. The van der Waals surface area contributed by atoms with Gasteiger partial charge >= 0.3 is 5.97 Å². The Kier molecular flexibility index (Phi) is 4.96. The van der Waals surface area contributed by atoms with Crippen molar-refractivity contribution in [3.63, 3.8) is 0 Å². The number of anilines is 2.